The van der Waals surface area contributed by atoms with Gasteiger partial charge < -0.3 is 0 Å². The van der Waals surface area contributed by atoms with Gasteiger partial charge >= 0.3 is 12.7 Å². The molecule has 11 heteroatoms. The van der Waals surface area contributed by atoms with E-state index in [9.17, 15) is 30.4 Å². The minimum atomic E-state index is -4.87. The molecule has 0 radical (unpaired) electrons. The minimum Gasteiger partial charge on any atom is -0.277 e. The molecule has 2 aromatic rings. The molecular weight excluding hydrogens is 357 g/mol. The Kier molecular flexibility index (Phi) is 4.95. The predicted molar refractivity (Wildman–Crippen MR) is 73.6 cm³/mol. The summed E-state index contributed by atoms with van der Waals surface area (Å²) in [6.07, 6.45) is -2.87. The fraction of sp³-hybridized carbons (Fsp3) is 0.308. The van der Waals surface area contributed by atoms with Crippen molar-refractivity contribution in [3.8, 4) is 0 Å². The van der Waals surface area contributed by atoms with Gasteiger partial charge in [0, 0.05) is 19.4 Å². The van der Waals surface area contributed by atoms with Gasteiger partial charge in [0.25, 0.3) is 0 Å². The molecule has 0 spiro atoms. The number of nitrogens with zero attached hydrogens (tertiary/aromatic N) is 3. The van der Waals surface area contributed by atoms with Crippen LogP contribution >= 0.6 is 0 Å². The second-order valence-corrected chi connectivity index (χ2v) is 6.80. The topological polar surface area (TPSA) is 55.2 Å². The second-order valence-electron chi connectivity index (χ2n) is 4.78. The summed E-state index contributed by atoms with van der Waals surface area (Å²) >= 11 is 0. The van der Waals surface area contributed by atoms with Gasteiger partial charge in [-0.2, -0.15) is 26.3 Å². The summed E-state index contributed by atoms with van der Waals surface area (Å²) in [5, 5.41) is 0. The van der Waals surface area contributed by atoms with Crippen LogP contribution < -0.4 is 0 Å². The summed E-state index contributed by atoms with van der Waals surface area (Å²) in [6, 6.07) is 3.66. The SMILES string of the molecule is CN(Cc1nccn1C(F)F)S(=O)(=O)c1ccccc1C(F)(F)F. The molecule has 0 amide bonds. The van der Waals surface area contributed by atoms with Gasteiger partial charge in [0.15, 0.2) is 0 Å². The maximum Gasteiger partial charge on any atom is 0.417 e. The average Bonchev–Trinajstić information content (AvgIpc) is 2.94. The van der Waals surface area contributed by atoms with Crippen LogP contribution in [0.2, 0.25) is 0 Å². The van der Waals surface area contributed by atoms with Crippen molar-refractivity contribution in [2.75, 3.05) is 7.05 Å². The lowest BCUT2D eigenvalue weighted by Gasteiger charge is -2.20. The summed E-state index contributed by atoms with van der Waals surface area (Å²) in [5.74, 6) is -0.291. The minimum absolute atomic E-state index is 0.291. The van der Waals surface area contributed by atoms with E-state index in [0.29, 0.717) is 14.9 Å². The van der Waals surface area contributed by atoms with Crippen LogP contribution in [-0.2, 0) is 22.7 Å². The molecule has 0 fully saturated rings. The van der Waals surface area contributed by atoms with Crippen molar-refractivity contribution in [3.63, 3.8) is 0 Å². The van der Waals surface area contributed by atoms with Crippen LogP contribution in [0.5, 0.6) is 0 Å². The number of imidazole rings is 1. The molecule has 5 nitrogen and oxygen atoms in total. The van der Waals surface area contributed by atoms with Crippen LogP contribution in [0.1, 0.15) is 17.9 Å². The van der Waals surface area contributed by atoms with E-state index < -0.39 is 39.8 Å². The zero-order chi connectivity index (χ0) is 18.1. The largest absolute Gasteiger partial charge is 0.417 e. The van der Waals surface area contributed by atoms with Crippen LogP contribution in [0.25, 0.3) is 0 Å². The Hall–Kier alpha value is -2.01. The zero-order valence-corrected chi connectivity index (χ0v) is 13.0. The van der Waals surface area contributed by atoms with E-state index in [1.807, 2.05) is 0 Å². The Labute approximate surface area is 134 Å². The monoisotopic (exact) mass is 369 g/mol. The highest BCUT2D eigenvalue weighted by Gasteiger charge is 2.38. The standard InChI is InChI=1S/C13H12F5N3O2S/c1-20(8-11-19-6-7-21(11)12(14)15)24(22,23)10-5-3-2-4-9(10)13(16,17)18/h2-7,12H,8H2,1H3. The first kappa shape index (κ1) is 18.3. The lowest BCUT2D eigenvalue weighted by atomic mass is 10.2. The Morgan fingerprint density at radius 2 is 1.88 bits per heavy atom. The number of hydrogen-bond donors (Lipinski definition) is 0. The van der Waals surface area contributed by atoms with Gasteiger partial charge in [0.2, 0.25) is 10.0 Å². The fourth-order valence-corrected chi connectivity index (χ4v) is 3.36. The molecule has 0 unspecified atom stereocenters. The highest BCUT2D eigenvalue weighted by molar-refractivity contribution is 7.89. The molecule has 1 aromatic carbocycles. The van der Waals surface area contributed by atoms with Crippen LogP contribution in [0.3, 0.4) is 0 Å². The van der Waals surface area contributed by atoms with E-state index in [2.05, 4.69) is 4.98 Å². The van der Waals surface area contributed by atoms with E-state index in [1.165, 1.54) is 0 Å². The third-order valence-corrected chi connectivity index (χ3v) is 5.07. The molecule has 0 saturated carbocycles. The molecule has 1 heterocycles. The smallest absolute Gasteiger partial charge is 0.277 e. The maximum atomic E-state index is 13.0. The molecule has 0 aliphatic heterocycles. The molecular formula is C13H12F5N3O2S. The number of aromatic nitrogens is 2. The summed E-state index contributed by atoms with van der Waals surface area (Å²) in [7, 11) is -3.56. The van der Waals surface area contributed by atoms with Crippen molar-refractivity contribution in [2.45, 2.75) is 24.2 Å². The lowest BCUT2D eigenvalue weighted by Crippen LogP contribution is -2.29. The first-order valence-electron chi connectivity index (χ1n) is 6.47. The highest BCUT2D eigenvalue weighted by atomic mass is 32.2. The van der Waals surface area contributed by atoms with E-state index in [0.717, 1.165) is 37.6 Å². The molecule has 1 aromatic heterocycles. The summed E-state index contributed by atoms with van der Waals surface area (Å²) in [6.45, 7) is -3.55. The number of rotatable bonds is 5. The predicted octanol–water partition coefficient (Wildman–Crippen LogP) is 3.12. The molecule has 0 saturated heterocycles. The first-order chi connectivity index (χ1) is 11.0. The molecule has 24 heavy (non-hydrogen) atoms. The summed E-state index contributed by atoms with van der Waals surface area (Å²) in [4.78, 5) is 2.66. The fourth-order valence-electron chi connectivity index (χ4n) is 2.02. The molecule has 0 aliphatic rings. The first-order valence-corrected chi connectivity index (χ1v) is 7.91. The van der Waals surface area contributed by atoms with Gasteiger partial charge in [0.1, 0.15) is 5.82 Å². The second kappa shape index (κ2) is 6.48. The molecule has 2 rings (SSSR count). The van der Waals surface area contributed by atoms with Crippen LogP contribution in [0, 0.1) is 0 Å². The highest BCUT2D eigenvalue weighted by Crippen LogP contribution is 2.35. The Bertz CT molecular complexity index is 817. The number of benzene rings is 1. The van der Waals surface area contributed by atoms with Crippen molar-refractivity contribution in [1.29, 1.82) is 0 Å². The summed E-state index contributed by atoms with van der Waals surface area (Å²) < 4.78 is 90.3. The molecule has 0 atom stereocenters. The number of halogens is 5. The van der Waals surface area contributed by atoms with Crippen molar-refractivity contribution in [2.24, 2.45) is 0 Å². The van der Waals surface area contributed by atoms with Crippen molar-refractivity contribution in [3.05, 3.63) is 48.0 Å². The number of hydrogen-bond acceptors (Lipinski definition) is 3. The number of sulfonamides is 1. The van der Waals surface area contributed by atoms with Gasteiger partial charge in [-0.25, -0.2) is 13.4 Å². The average molecular weight is 369 g/mol. The Morgan fingerprint density at radius 1 is 1.25 bits per heavy atom. The van der Waals surface area contributed by atoms with Crippen molar-refractivity contribution >= 4 is 10.0 Å². The van der Waals surface area contributed by atoms with E-state index in [-0.39, 0.29) is 5.82 Å². The zero-order valence-electron chi connectivity index (χ0n) is 12.2. The van der Waals surface area contributed by atoms with Crippen molar-refractivity contribution < 1.29 is 30.4 Å². The van der Waals surface area contributed by atoms with E-state index >= 15 is 0 Å². The van der Waals surface area contributed by atoms with Gasteiger partial charge in [-0.1, -0.05) is 12.1 Å². The quantitative estimate of drug-likeness (QED) is 0.761. The molecule has 132 valence electrons. The molecule has 0 bridgehead atoms. The van der Waals surface area contributed by atoms with Gasteiger partial charge in [-0.3, -0.25) is 4.57 Å². The van der Waals surface area contributed by atoms with Crippen molar-refractivity contribution in [1.82, 2.24) is 13.9 Å². The van der Waals surface area contributed by atoms with Crippen LogP contribution in [0.15, 0.2) is 41.6 Å². The Balaban J connectivity index is 2.39. The molecule has 0 N–H and O–H groups in total. The summed E-state index contributed by atoms with van der Waals surface area (Å²) in [5.41, 5.74) is -1.32. The van der Waals surface area contributed by atoms with E-state index in [4.69, 9.17) is 0 Å². The third-order valence-electron chi connectivity index (χ3n) is 3.20. The van der Waals surface area contributed by atoms with Gasteiger partial charge in [-0.05, 0) is 12.1 Å². The lowest BCUT2D eigenvalue weighted by molar-refractivity contribution is -0.139. The third kappa shape index (κ3) is 3.56. The van der Waals surface area contributed by atoms with Crippen LogP contribution in [0.4, 0.5) is 22.0 Å². The van der Waals surface area contributed by atoms with Gasteiger partial charge in [-0.15, -0.1) is 0 Å². The maximum absolute atomic E-state index is 13.0. The molecule has 0 aliphatic carbocycles. The Morgan fingerprint density at radius 3 is 2.46 bits per heavy atom. The van der Waals surface area contributed by atoms with E-state index in [1.54, 1.807) is 0 Å². The normalized spacial score (nSPS) is 13.0. The number of alkyl halides is 5. The van der Waals surface area contributed by atoms with Gasteiger partial charge in [0.05, 0.1) is 17.0 Å². The van der Waals surface area contributed by atoms with Crippen LogP contribution in [-0.4, -0.2) is 29.3 Å².